The molecule has 0 aromatic heterocycles. The fraction of sp³-hybridized carbons (Fsp3) is 0.281. The van der Waals surface area contributed by atoms with Crippen molar-refractivity contribution in [2.24, 2.45) is 4.99 Å². The summed E-state index contributed by atoms with van der Waals surface area (Å²) in [5, 5.41) is 12.2. The summed E-state index contributed by atoms with van der Waals surface area (Å²) < 4.78 is 11.3. The Balaban J connectivity index is 1.51. The normalized spacial score (nSPS) is 11.3. The van der Waals surface area contributed by atoms with Crippen molar-refractivity contribution in [1.29, 1.82) is 0 Å². The molecule has 0 aliphatic heterocycles. The second-order valence-corrected chi connectivity index (χ2v) is 9.01. The second-order valence-electron chi connectivity index (χ2n) is 9.01. The van der Waals surface area contributed by atoms with Gasteiger partial charge in [0.25, 0.3) is 0 Å². The molecule has 4 aromatic carbocycles. The molecule has 0 saturated heterocycles. The molecule has 0 fully saturated rings. The number of benzene rings is 4. The maximum Gasteiger partial charge on any atom is 0.123 e. The van der Waals surface area contributed by atoms with Crippen LogP contribution in [0.15, 0.2) is 83.9 Å². The van der Waals surface area contributed by atoms with Gasteiger partial charge in [-0.1, -0.05) is 68.7 Å². The first-order valence-electron chi connectivity index (χ1n) is 12.8. The van der Waals surface area contributed by atoms with Crippen molar-refractivity contribution in [3.05, 3.63) is 90.0 Å². The minimum absolute atomic E-state index is 0.272. The molecule has 4 aromatic rings. The van der Waals surface area contributed by atoms with Crippen LogP contribution >= 0.6 is 0 Å². The van der Waals surface area contributed by atoms with E-state index >= 15 is 0 Å². The number of rotatable bonds is 12. The zero-order valence-electron chi connectivity index (χ0n) is 21.2. The minimum atomic E-state index is 0.272. The Bertz CT molecular complexity index is 1290. The van der Waals surface area contributed by atoms with E-state index in [0.29, 0.717) is 6.61 Å². The van der Waals surface area contributed by atoms with Crippen molar-refractivity contribution >= 4 is 17.0 Å². The Kier molecular flexibility index (Phi) is 8.98. The van der Waals surface area contributed by atoms with Gasteiger partial charge in [-0.05, 0) is 82.3 Å². The maximum absolute atomic E-state index is 10.0. The minimum Gasteiger partial charge on any atom is -0.508 e. The van der Waals surface area contributed by atoms with Crippen LogP contribution in [-0.2, 0) is 6.42 Å². The number of nitrogens with zero attached hydrogens (tertiary/aromatic N) is 1. The van der Waals surface area contributed by atoms with Crippen LogP contribution in [0.1, 0.15) is 43.7 Å². The number of fused-ring (bicyclic) bond motifs is 1. The van der Waals surface area contributed by atoms with E-state index < -0.39 is 0 Å². The molecule has 4 nitrogen and oxygen atoms in total. The first kappa shape index (κ1) is 25.3. The van der Waals surface area contributed by atoms with Gasteiger partial charge in [0.05, 0.1) is 7.11 Å². The third-order valence-corrected chi connectivity index (χ3v) is 6.39. The van der Waals surface area contributed by atoms with Crippen LogP contribution in [0.5, 0.6) is 17.2 Å². The van der Waals surface area contributed by atoms with E-state index in [1.165, 1.54) is 30.4 Å². The molecule has 36 heavy (non-hydrogen) atoms. The van der Waals surface area contributed by atoms with Gasteiger partial charge in [-0.3, -0.25) is 4.99 Å². The average Bonchev–Trinajstić information content (AvgIpc) is 2.91. The zero-order valence-corrected chi connectivity index (χ0v) is 21.2. The lowest BCUT2D eigenvalue weighted by molar-refractivity contribution is 0.380. The molecular formula is C32H35NO3. The molecule has 0 spiro atoms. The topological polar surface area (TPSA) is 51.0 Å². The number of unbranched alkanes of at least 4 members (excludes halogenated alkanes) is 3. The van der Waals surface area contributed by atoms with E-state index in [-0.39, 0.29) is 5.75 Å². The average molecular weight is 482 g/mol. The standard InChI is InChI=1S/C32H35NO3/c1-3-4-5-6-18-33-19-20-36-28-14-10-24(11-15-28)21-32-30(25-8-7-9-29(23-25)35-2)16-12-26-22-27(34)13-17-31(26)32/h7-17,19,22-23,34H,3-6,18,20-21H2,1-2H3. The molecule has 186 valence electrons. The summed E-state index contributed by atoms with van der Waals surface area (Å²) >= 11 is 0. The second kappa shape index (κ2) is 12.8. The molecule has 0 amide bonds. The van der Waals surface area contributed by atoms with Gasteiger partial charge in [0.15, 0.2) is 0 Å². The molecule has 4 heteroatoms. The molecule has 0 heterocycles. The third-order valence-electron chi connectivity index (χ3n) is 6.39. The van der Waals surface area contributed by atoms with Crippen molar-refractivity contribution in [1.82, 2.24) is 0 Å². The van der Waals surface area contributed by atoms with Crippen LogP contribution in [0.3, 0.4) is 0 Å². The fourth-order valence-corrected chi connectivity index (χ4v) is 4.45. The van der Waals surface area contributed by atoms with Gasteiger partial charge in [0.1, 0.15) is 23.9 Å². The molecule has 1 N–H and O–H groups in total. The van der Waals surface area contributed by atoms with E-state index in [9.17, 15) is 5.11 Å². The first-order chi connectivity index (χ1) is 17.7. The van der Waals surface area contributed by atoms with Crippen molar-refractivity contribution in [3.63, 3.8) is 0 Å². The van der Waals surface area contributed by atoms with Gasteiger partial charge in [-0.15, -0.1) is 0 Å². The largest absolute Gasteiger partial charge is 0.508 e. The zero-order chi connectivity index (χ0) is 25.2. The van der Waals surface area contributed by atoms with Crippen LogP contribution in [0, 0.1) is 0 Å². The highest BCUT2D eigenvalue weighted by Crippen LogP contribution is 2.35. The van der Waals surface area contributed by atoms with E-state index in [0.717, 1.165) is 52.8 Å². The summed E-state index contributed by atoms with van der Waals surface area (Å²) in [5.74, 6) is 1.94. The predicted octanol–water partition coefficient (Wildman–Crippen LogP) is 7.84. The monoisotopic (exact) mass is 481 g/mol. The van der Waals surface area contributed by atoms with E-state index in [1.807, 2.05) is 42.6 Å². The predicted molar refractivity (Wildman–Crippen MR) is 150 cm³/mol. The lowest BCUT2D eigenvalue weighted by atomic mass is 9.90. The fourth-order valence-electron chi connectivity index (χ4n) is 4.45. The highest BCUT2D eigenvalue weighted by molar-refractivity contribution is 5.93. The molecule has 0 bridgehead atoms. The van der Waals surface area contributed by atoms with Crippen LogP contribution in [0.25, 0.3) is 21.9 Å². The number of phenolic OH excluding ortho intramolecular Hbond substituents is 1. The van der Waals surface area contributed by atoms with Gasteiger partial charge in [-0.25, -0.2) is 0 Å². The number of ether oxygens (including phenoxy) is 2. The Labute approximate surface area is 214 Å². The molecule has 0 aliphatic rings. The Morgan fingerprint density at radius 2 is 1.72 bits per heavy atom. The van der Waals surface area contributed by atoms with E-state index in [1.54, 1.807) is 13.2 Å². The summed E-state index contributed by atoms with van der Waals surface area (Å²) in [6.07, 6.45) is 7.54. The van der Waals surface area contributed by atoms with Gasteiger partial charge < -0.3 is 14.6 Å². The van der Waals surface area contributed by atoms with Crippen LogP contribution in [0.4, 0.5) is 0 Å². The Morgan fingerprint density at radius 1 is 0.861 bits per heavy atom. The smallest absolute Gasteiger partial charge is 0.123 e. The molecule has 4 rings (SSSR count). The van der Waals surface area contributed by atoms with Gasteiger partial charge >= 0.3 is 0 Å². The number of hydrogen-bond acceptors (Lipinski definition) is 4. The van der Waals surface area contributed by atoms with Crippen molar-refractivity contribution in [2.75, 3.05) is 20.3 Å². The summed E-state index contributed by atoms with van der Waals surface area (Å²) in [6, 6.07) is 26.2. The van der Waals surface area contributed by atoms with Crippen molar-refractivity contribution in [3.8, 4) is 28.4 Å². The SMILES string of the molecule is CCCCCCN=CCOc1ccc(Cc2c(-c3cccc(OC)c3)ccc3cc(O)ccc23)cc1. The molecule has 0 aliphatic carbocycles. The van der Waals surface area contributed by atoms with Gasteiger partial charge in [0, 0.05) is 12.8 Å². The van der Waals surface area contributed by atoms with Crippen molar-refractivity contribution < 1.29 is 14.6 Å². The Hall–Kier alpha value is -3.79. The number of phenols is 1. The molecule has 0 saturated carbocycles. The maximum atomic E-state index is 10.0. The summed E-state index contributed by atoms with van der Waals surface area (Å²) in [5.41, 5.74) is 4.66. The number of aliphatic imine (C=N–C) groups is 1. The highest BCUT2D eigenvalue weighted by atomic mass is 16.5. The highest BCUT2D eigenvalue weighted by Gasteiger charge is 2.12. The summed E-state index contributed by atoms with van der Waals surface area (Å²) in [4.78, 5) is 4.44. The molecule has 0 atom stereocenters. The number of methoxy groups -OCH3 is 1. The van der Waals surface area contributed by atoms with E-state index in [4.69, 9.17) is 9.47 Å². The van der Waals surface area contributed by atoms with Gasteiger partial charge in [0.2, 0.25) is 0 Å². The summed E-state index contributed by atoms with van der Waals surface area (Å²) in [7, 11) is 1.69. The molecule has 0 radical (unpaired) electrons. The first-order valence-corrected chi connectivity index (χ1v) is 12.8. The quantitative estimate of drug-likeness (QED) is 0.166. The lowest BCUT2D eigenvalue weighted by Gasteiger charge is -2.15. The number of aromatic hydroxyl groups is 1. The summed E-state index contributed by atoms with van der Waals surface area (Å²) in [6.45, 7) is 3.58. The lowest BCUT2D eigenvalue weighted by Crippen LogP contribution is -1.99. The Morgan fingerprint density at radius 3 is 2.53 bits per heavy atom. The molecule has 0 unspecified atom stereocenters. The van der Waals surface area contributed by atoms with Crippen LogP contribution in [-0.4, -0.2) is 31.6 Å². The molecular weight excluding hydrogens is 446 g/mol. The van der Waals surface area contributed by atoms with E-state index in [2.05, 4.69) is 48.3 Å². The number of hydrogen-bond donors (Lipinski definition) is 1. The van der Waals surface area contributed by atoms with Crippen LogP contribution in [0.2, 0.25) is 0 Å². The van der Waals surface area contributed by atoms with Crippen LogP contribution < -0.4 is 9.47 Å². The van der Waals surface area contributed by atoms with Crippen molar-refractivity contribution in [2.45, 2.75) is 39.0 Å². The van der Waals surface area contributed by atoms with Gasteiger partial charge in [-0.2, -0.15) is 0 Å². The third kappa shape index (κ3) is 6.66.